The van der Waals surface area contributed by atoms with E-state index >= 15 is 0 Å². The number of carbonyl (C=O) groups excluding carboxylic acids is 1. The van der Waals surface area contributed by atoms with Crippen LogP contribution in [-0.4, -0.2) is 73.9 Å². The molecule has 0 aliphatic carbocycles. The van der Waals surface area contributed by atoms with Crippen LogP contribution >= 0.6 is 0 Å². The van der Waals surface area contributed by atoms with Gasteiger partial charge in [0.05, 0.1) is 18.8 Å². The maximum absolute atomic E-state index is 12.6. The smallest absolute Gasteiger partial charge is 0.246 e. The van der Waals surface area contributed by atoms with Gasteiger partial charge in [-0.05, 0) is 37.2 Å². The Morgan fingerprint density at radius 1 is 1.07 bits per heavy atom. The third kappa shape index (κ3) is 4.83. The van der Waals surface area contributed by atoms with Crippen molar-refractivity contribution in [3.8, 4) is 0 Å². The highest BCUT2D eigenvalue weighted by molar-refractivity contribution is 5.87. The number of hydrogen-bond acceptors (Lipinski definition) is 4. The van der Waals surface area contributed by atoms with Crippen LogP contribution in [0.25, 0.3) is 0 Å². The maximum atomic E-state index is 12.6. The van der Waals surface area contributed by atoms with Gasteiger partial charge >= 0.3 is 0 Å². The maximum Gasteiger partial charge on any atom is 0.246 e. The van der Waals surface area contributed by atoms with E-state index in [1.807, 2.05) is 11.0 Å². The van der Waals surface area contributed by atoms with Crippen LogP contribution in [0.2, 0.25) is 0 Å². The highest BCUT2D eigenvalue weighted by Crippen LogP contribution is 2.41. The van der Waals surface area contributed by atoms with Crippen molar-refractivity contribution < 1.29 is 14.3 Å². The molecule has 0 saturated carbocycles. The van der Waals surface area contributed by atoms with Crippen molar-refractivity contribution >= 4 is 5.91 Å². The number of amides is 1. The Morgan fingerprint density at radius 3 is 2.57 bits per heavy atom. The molecule has 152 valence electrons. The van der Waals surface area contributed by atoms with Gasteiger partial charge in [-0.15, -0.1) is 0 Å². The predicted molar refractivity (Wildman–Crippen MR) is 109 cm³/mol. The summed E-state index contributed by atoms with van der Waals surface area (Å²) in [5.41, 5.74) is 1.38. The summed E-state index contributed by atoms with van der Waals surface area (Å²) in [6.45, 7) is 6.72. The van der Waals surface area contributed by atoms with Gasteiger partial charge in [0.2, 0.25) is 5.91 Å². The lowest BCUT2D eigenvalue weighted by Gasteiger charge is -2.46. The molecule has 0 aromatic heterocycles. The molecule has 3 aliphatic heterocycles. The summed E-state index contributed by atoms with van der Waals surface area (Å²) in [7, 11) is 0. The number of ether oxygens (including phenoxy) is 2. The molecule has 0 radical (unpaired) electrons. The van der Waals surface area contributed by atoms with Crippen LogP contribution in [0.15, 0.2) is 42.5 Å². The van der Waals surface area contributed by atoms with Gasteiger partial charge in [-0.2, -0.15) is 0 Å². The molecule has 1 amide bonds. The zero-order chi connectivity index (χ0) is 19.2. The van der Waals surface area contributed by atoms with E-state index in [1.54, 1.807) is 6.08 Å². The fraction of sp³-hybridized carbons (Fsp3) is 0.609. The topological polar surface area (TPSA) is 42.0 Å². The standard InChI is InChI=1S/C23H32N2O3/c26-22(7-4-11-24-14-17-27-18-15-24)25-12-9-23(10-13-25)19-21(8-16-28-23)20-5-2-1-3-6-20/h1-7,21H,8-19H2/b7-4+/t21-/m1/s1. The first-order valence-corrected chi connectivity index (χ1v) is 10.7. The molecule has 0 bridgehead atoms. The first-order chi connectivity index (χ1) is 13.7. The van der Waals surface area contributed by atoms with Gasteiger partial charge in [-0.25, -0.2) is 0 Å². The van der Waals surface area contributed by atoms with Crippen LogP contribution in [0.3, 0.4) is 0 Å². The van der Waals surface area contributed by atoms with Crippen LogP contribution in [0, 0.1) is 0 Å². The van der Waals surface area contributed by atoms with Gasteiger partial charge in [0.15, 0.2) is 0 Å². The van der Waals surface area contributed by atoms with E-state index in [9.17, 15) is 4.79 Å². The number of likely N-dealkylation sites (tertiary alicyclic amines) is 1. The number of piperidine rings is 1. The van der Waals surface area contributed by atoms with E-state index in [2.05, 4.69) is 35.2 Å². The molecular formula is C23H32N2O3. The van der Waals surface area contributed by atoms with Gasteiger partial charge in [0, 0.05) is 45.4 Å². The molecule has 28 heavy (non-hydrogen) atoms. The summed E-state index contributed by atoms with van der Waals surface area (Å²) in [4.78, 5) is 16.9. The van der Waals surface area contributed by atoms with E-state index < -0.39 is 0 Å². The minimum atomic E-state index is -0.0486. The van der Waals surface area contributed by atoms with Crippen LogP contribution in [0.4, 0.5) is 0 Å². The third-order valence-corrected chi connectivity index (χ3v) is 6.48. The average Bonchev–Trinajstić information content (AvgIpc) is 2.76. The Hall–Kier alpha value is -1.69. The summed E-state index contributed by atoms with van der Waals surface area (Å²) in [6.07, 6.45) is 7.81. The molecule has 5 nitrogen and oxygen atoms in total. The van der Waals surface area contributed by atoms with Gasteiger partial charge in [-0.3, -0.25) is 9.69 Å². The number of carbonyl (C=O) groups is 1. The third-order valence-electron chi connectivity index (χ3n) is 6.48. The summed E-state index contributed by atoms with van der Waals surface area (Å²) in [5, 5.41) is 0. The molecule has 1 aromatic carbocycles. The molecule has 4 rings (SSSR count). The van der Waals surface area contributed by atoms with Crippen molar-refractivity contribution in [2.75, 3.05) is 52.5 Å². The molecule has 1 atom stereocenters. The van der Waals surface area contributed by atoms with Crippen molar-refractivity contribution in [1.29, 1.82) is 0 Å². The molecule has 5 heteroatoms. The number of hydrogen-bond donors (Lipinski definition) is 0. The number of benzene rings is 1. The Morgan fingerprint density at radius 2 is 1.82 bits per heavy atom. The Balaban J connectivity index is 1.27. The Labute approximate surface area is 168 Å². The second kappa shape index (κ2) is 9.21. The molecule has 0 unspecified atom stereocenters. The molecule has 3 saturated heterocycles. The largest absolute Gasteiger partial charge is 0.379 e. The Bertz CT molecular complexity index is 662. The van der Waals surface area contributed by atoms with Gasteiger partial charge in [0.1, 0.15) is 0 Å². The van der Waals surface area contributed by atoms with Crippen molar-refractivity contribution in [2.45, 2.75) is 37.2 Å². The first kappa shape index (κ1) is 19.6. The van der Waals surface area contributed by atoms with E-state index in [0.29, 0.717) is 5.92 Å². The summed E-state index contributed by atoms with van der Waals surface area (Å²) >= 11 is 0. The van der Waals surface area contributed by atoms with Crippen molar-refractivity contribution in [1.82, 2.24) is 9.80 Å². The van der Waals surface area contributed by atoms with Crippen LogP contribution in [0.1, 0.15) is 37.2 Å². The lowest BCUT2D eigenvalue weighted by atomic mass is 9.77. The van der Waals surface area contributed by atoms with Crippen molar-refractivity contribution in [3.63, 3.8) is 0 Å². The number of nitrogens with zero attached hydrogens (tertiary/aromatic N) is 2. The number of morpholine rings is 1. The van der Waals surface area contributed by atoms with Crippen LogP contribution in [-0.2, 0) is 14.3 Å². The quantitative estimate of drug-likeness (QED) is 0.749. The number of rotatable bonds is 4. The van der Waals surface area contributed by atoms with E-state index in [0.717, 1.165) is 78.2 Å². The minimum absolute atomic E-state index is 0.0486. The predicted octanol–water partition coefficient (Wildman–Crippen LogP) is 2.83. The van der Waals surface area contributed by atoms with E-state index in [4.69, 9.17) is 9.47 Å². The zero-order valence-electron chi connectivity index (χ0n) is 16.7. The van der Waals surface area contributed by atoms with Crippen molar-refractivity contribution in [3.05, 3.63) is 48.0 Å². The molecule has 3 fully saturated rings. The lowest BCUT2D eigenvalue weighted by Crippen LogP contribution is -2.50. The monoisotopic (exact) mass is 384 g/mol. The minimum Gasteiger partial charge on any atom is -0.379 e. The zero-order valence-corrected chi connectivity index (χ0v) is 16.7. The molecule has 0 N–H and O–H groups in total. The second-order valence-corrected chi connectivity index (χ2v) is 8.27. The summed E-state index contributed by atoms with van der Waals surface area (Å²) in [6, 6.07) is 10.8. The van der Waals surface area contributed by atoms with Gasteiger partial charge < -0.3 is 14.4 Å². The summed E-state index contributed by atoms with van der Waals surface area (Å²) < 4.78 is 11.6. The normalized spacial score (nSPS) is 26.0. The summed E-state index contributed by atoms with van der Waals surface area (Å²) in [5.74, 6) is 0.712. The highest BCUT2D eigenvalue weighted by Gasteiger charge is 2.41. The van der Waals surface area contributed by atoms with Gasteiger partial charge in [0.25, 0.3) is 0 Å². The first-order valence-electron chi connectivity index (χ1n) is 10.7. The SMILES string of the molecule is O=C(/C=C/CN1CCOCC1)N1CCC2(CC1)C[C@H](c1ccccc1)CCO2. The molecular weight excluding hydrogens is 352 g/mol. The average molecular weight is 385 g/mol. The van der Waals surface area contributed by atoms with Crippen LogP contribution in [0.5, 0.6) is 0 Å². The fourth-order valence-electron chi connectivity index (χ4n) is 4.71. The van der Waals surface area contributed by atoms with E-state index in [1.165, 1.54) is 5.56 Å². The van der Waals surface area contributed by atoms with E-state index in [-0.39, 0.29) is 11.5 Å². The fourth-order valence-corrected chi connectivity index (χ4v) is 4.71. The van der Waals surface area contributed by atoms with Gasteiger partial charge in [-0.1, -0.05) is 36.4 Å². The molecule has 1 spiro atoms. The second-order valence-electron chi connectivity index (χ2n) is 8.27. The molecule has 3 aliphatic rings. The molecule has 3 heterocycles. The Kier molecular flexibility index (Phi) is 6.45. The lowest BCUT2D eigenvalue weighted by molar-refractivity contribution is -0.140. The van der Waals surface area contributed by atoms with Crippen molar-refractivity contribution in [2.24, 2.45) is 0 Å². The highest BCUT2D eigenvalue weighted by atomic mass is 16.5. The van der Waals surface area contributed by atoms with Crippen LogP contribution < -0.4 is 0 Å². The molecule has 1 aromatic rings.